The van der Waals surface area contributed by atoms with Gasteiger partial charge in [0.1, 0.15) is 0 Å². The highest BCUT2D eigenvalue weighted by molar-refractivity contribution is 7.14. The average Bonchev–Trinajstić information content (AvgIpc) is 3.16. The number of carbonyl (C=O) groups is 2. The first-order chi connectivity index (χ1) is 13.7. The van der Waals surface area contributed by atoms with E-state index in [1.807, 2.05) is 47.8 Å². The summed E-state index contributed by atoms with van der Waals surface area (Å²) >= 11 is 1.33. The zero-order chi connectivity index (χ0) is 21.0. The van der Waals surface area contributed by atoms with E-state index in [0.29, 0.717) is 10.7 Å². The molecule has 3 aromatic rings. The number of nitrogens with zero attached hydrogens (tertiary/aromatic N) is 1. The fourth-order valence-electron chi connectivity index (χ4n) is 2.67. The van der Waals surface area contributed by atoms with Gasteiger partial charge >= 0.3 is 5.97 Å². The smallest absolute Gasteiger partial charge is 0.338 e. The molecule has 0 saturated heterocycles. The molecule has 2 aromatic carbocycles. The highest BCUT2D eigenvalue weighted by Gasteiger charge is 2.21. The Hall–Kier alpha value is -2.99. The van der Waals surface area contributed by atoms with Crippen molar-refractivity contribution in [3.8, 4) is 11.3 Å². The van der Waals surface area contributed by atoms with Gasteiger partial charge in [0.2, 0.25) is 0 Å². The van der Waals surface area contributed by atoms with E-state index in [0.717, 1.165) is 16.8 Å². The Bertz CT molecular complexity index is 989. The van der Waals surface area contributed by atoms with Crippen molar-refractivity contribution in [3.05, 3.63) is 71.1 Å². The molecule has 0 radical (unpaired) electrons. The molecule has 0 fully saturated rings. The third-order valence-electron chi connectivity index (χ3n) is 4.44. The second kappa shape index (κ2) is 8.57. The third kappa shape index (κ3) is 5.29. The maximum atomic E-state index is 12.4. The Labute approximate surface area is 174 Å². The lowest BCUT2D eigenvalue weighted by Gasteiger charge is -2.19. The van der Waals surface area contributed by atoms with Crippen molar-refractivity contribution in [2.75, 3.05) is 5.32 Å². The minimum Gasteiger partial charge on any atom is -0.449 e. The molecule has 1 amide bonds. The van der Waals surface area contributed by atoms with Crippen LogP contribution in [0.25, 0.3) is 11.3 Å². The number of ether oxygens (including phenoxy) is 1. The van der Waals surface area contributed by atoms with Crippen molar-refractivity contribution in [1.82, 2.24) is 4.98 Å². The van der Waals surface area contributed by atoms with Crippen LogP contribution in [0.15, 0.2) is 60.0 Å². The van der Waals surface area contributed by atoms with Crippen molar-refractivity contribution in [3.63, 3.8) is 0 Å². The van der Waals surface area contributed by atoms with E-state index in [1.54, 1.807) is 19.1 Å². The molecule has 150 valence electrons. The molecular weight excluding hydrogens is 384 g/mol. The van der Waals surface area contributed by atoms with Crippen LogP contribution in [0, 0.1) is 0 Å². The van der Waals surface area contributed by atoms with E-state index in [9.17, 15) is 9.59 Å². The molecule has 3 rings (SSSR count). The summed E-state index contributed by atoms with van der Waals surface area (Å²) in [4.78, 5) is 29.2. The summed E-state index contributed by atoms with van der Waals surface area (Å²) in [6, 6.07) is 17.0. The quantitative estimate of drug-likeness (QED) is 0.582. The van der Waals surface area contributed by atoms with E-state index in [2.05, 4.69) is 31.1 Å². The Kier molecular flexibility index (Phi) is 6.13. The Morgan fingerprint density at radius 1 is 1.03 bits per heavy atom. The normalized spacial score (nSPS) is 12.3. The number of benzene rings is 2. The zero-order valence-corrected chi connectivity index (χ0v) is 17.7. The van der Waals surface area contributed by atoms with Crippen molar-refractivity contribution in [2.45, 2.75) is 39.2 Å². The first kappa shape index (κ1) is 20.7. The van der Waals surface area contributed by atoms with Gasteiger partial charge in [0.05, 0.1) is 11.3 Å². The first-order valence-electron chi connectivity index (χ1n) is 9.37. The third-order valence-corrected chi connectivity index (χ3v) is 5.20. The molecule has 5 nitrogen and oxygen atoms in total. The van der Waals surface area contributed by atoms with Gasteiger partial charge < -0.3 is 4.74 Å². The Balaban J connectivity index is 1.59. The molecule has 0 aliphatic carbocycles. The van der Waals surface area contributed by atoms with Crippen molar-refractivity contribution >= 4 is 28.3 Å². The maximum absolute atomic E-state index is 12.4. The van der Waals surface area contributed by atoms with Crippen LogP contribution < -0.4 is 5.32 Å². The van der Waals surface area contributed by atoms with Crippen molar-refractivity contribution < 1.29 is 14.3 Å². The monoisotopic (exact) mass is 408 g/mol. The van der Waals surface area contributed by atoms with E-state index in [4.69, 9.17) is 4.74 Å². The molecule has 0 bridgehead atoms. The standard InChI is InChI=1S/C23H24N2O3S/c1-15(28-21(27)17-10-12-18(13-11-17)23(2,3)4)20(26)25-22-24-19(14-29-22)16-8-6-5-7-9-16/h5-15H,1-4H3,(H,24,25,26)/t15-/m0/s1. The number of hydrogen-bond acceptors (Lipinski definition) is 5. The summed E-state index contributed by atoms with van der Waals surface area (Å²) in [5.41, 5.74) is 3.30. The van der Waals surface area contributed by atoms with Crippen LogP contribution in [0.5, 0.6) is 0 Å². The minimum atomic E-state index is -0.936. The van der Waals surface area contributed by atoms with Gasteiger partial charge in [-0.05, 0) is 30.0 Å². The van der Waals surface area contributed by atoms with Crippen LogP contribution in [0.1, 0.15) is 43.6 Å². The van der Waals surface area contributed by atoms with E-state index >= 15 is 0 Å². The number of thiazole rings is 1. The summed E-state index contributed by atoms with van der Waals surface area (Å²) in [7, 11) is 0. The van der Waals surface area contributed by atoms with Crippen LogP contribution in [-0.2, 0) is 14.9 Å². The zero-order valence-electron chi connectivity index (χ0n) is 16.9. The summed E-state index contributed by atoms with van der Waals surface area (Å²) in [6.07, 6.45) is -0.936. The number of rotatable bonds is 5. The van der Waals surface area contributed by atoms with Gasteiger partial charge in [0, 0.05) is 10.9 Å². The average molecular weight is 409 g/mol. The summed E-state index contributed by atoms with van der Waals surface area (Å²) in [5.74, 6) is -0.948. The fourth-order valence-corrected chi connectivity index (χ4v) is 3.39. The summed E-state index contributed by atoms with van der Waals surface area (Å²) < 4.78 is 5.31. The summed E-state index contributed by atoms with van der Waals surface area (Å²) in [6.45, 7) is 7.86. The lowest BCUT2D eigenvalue weighted by atomic mass is 9.87. The van der Waals surface area contributed by atoms with Crippen LogP contribution >= 0.6 is 11.3 Å². The Morgan fingerprint density at radius 3 is 2.31 bits per heavy atom. The fraction of sp³-hybridized carbons (Fsp3) is 0.261. The largest absolute Gasteiger partial charge is 0.449 e. The topological polar surface area (TPSA) is 68.3 Å². The summed E-state index contributed by atoms with van der Waals surface area (Å²) in [5, 5.41) is 5.05. The lowest BCUT2D eigenvalue weighted by molar-refractivity contribution is -0.123. The first-order valence-corrected chi connectivity index (χ1v) is 10.3. The maximum Gasteiger partial charge on any atom is 0.338 e. The van der Waals surface area contributed by atoms with Crippen LogP contribution in [-0.4, -0.2) is 23.0 Å². The van der Waals surface area contributed by atoms with Gasteiger partial charge in [0.15, 0.2) is 11.2 Å². The van der Waals surface area contributed by atoms with Crippen LogP contribution in [0.3, 0.4) is 0 Å². The number of amides is 1. The molecule has 0 saturated carbocycles. The SMILES string of the molecule is C[C@H](OC(=O)c1ccc(C(C)(C)C)cc1)C(=O)Nc1nc(-c2ccccc2)cs1. The number of anilines is 1. The predicted octanol–water partition coefficient (Wildman–Crippen LogP) is 5.29. The number of hydrogen-bond donors (Lipinski definition) is 1. The molecule has 6 heteroatoms. The second-order valence-corrected chi connectivity index (χ2v) is 8.63. The molecule has 0 unspecified atom stereocenters. The molecule has 0 spiro atoms. The second-order valence-electron chi connectivity index (χ2n) is 7.77. The van der Waals surface area contributed by atoms with Gasteiger partial charge in [-0.3, -0.25) is 10.1 Å². The molecule has 0 aliphatic rings. The van der Waals surface area contributed by atoms with Gasteiger partial charge in [-0.15, -0.1) is 11.3 Å². The minimum absolute atomic E-state index is 0.00191. The molecule has 1 N–H and O–H groups in total. The van der Waals surface area contributed by atoms with Gasteiger partial charge in [-0.25, -0.2) is 9.78 Å². The Morgan fingerprint density at radius 2 is 1.69 bits per heavy atom. The number of aromatic nitrogens is 1. The number of esters is 1. The molecule has 1 aromatic heterocycles. The molecule has 1 atom stereocenters. The number of nitrogens with one attached hydrogen (secondary N) is 1. The highest BCUT2D eigenvalue weighted by atomic mass is 32.1. The molecule has 0 aliphatic heterocycles. The van der Waals surface area contributed by atoms with Crippen LogP contribution in [0.4, 0.5) is 5.13 Å². The highest BCUT2D eigenvalue weighted by Crippen LogP contribution is 2.25. The molecule has 1 heterocycles. The predicted molar refractivity (Wildman–Crippen MR) is 116 cm³/mol. The number of carbonyl (C=O) groups excluding carboxylic acids is 2. The van der Waals surface area contributed by atoms with Gasteiger partial charge in [-0.1, -0.05) is 63.2 Å². The van der Waals surface area contributed by atoms with Gasteiger partial charge in [0.25, 0.3) is 5.91 Å². The van der Waals surface area contributed by atoms with Crippen molar-refractivity contribution in [2.24, 2.45) is 0 Å². The van der Waals surface area contributed by atoms with Crippen LogP contribution in [0.2, 0.25) is 0 Å². The van der Waals surface area contributed by atoms with Gasteiger partial charge in [-0.2, -0.15) is 0 Å². The lowest BCUT2D eigenvalue weighted by Crippen LogP contribution is -2.30. The molecule has 29 heavy (non-hydrogen) atoms. The van der Waals surface area contributed by atoms with Crippen molar-refractivity contribution in [1.29, 1.82) is 0 Å². The van der Waals surface area contributed by atoms with E-state index in [-0.39, 0.29) is 5.41 Å². The van der Waals surface area contributed by atoms with E-state index in [1.165, 1.54) is 11.3 Å². The molecular formula is C23H24N2O3S. The van der Waals surface area contributed by atoms with E-state index < -0.39 is 18.0 Å².